The zero-order valence-corrected chi connectivity index (χ0v) is 12.6. The number of carbonyl (C=O) groups is 2. The quantitative estimate of drug-likeness (QED) is 0.750. The van der Waals surface area contributed by atoms with Gasteiger partial charge in [0.15, 0.2) is 17.5 Å². The number of nitrogens with one attached hydrogen (secondary N) is 2. The van der Waals surface area contributed by atoms with E-state index in [4.69, 9.17) is 5.73 Å². The van der Waals surface area contributed by atoms with Gasteiger partial charge in [0.25, 0.3) is 5.91 Å². The van der Waals surface area contributed by atoms with E-state index in [1.807, 2.05) is 0 Å². The second kappa shape index (κ2) is 7.14. The van der Waals surface area contributed by atoms with Crippen molar-refractivity contribution in [2.24, 2.45) is 5.73 Å². The minimum Gasteiger partial charge on any atom is -0.323 e. The summed E-state index contributed by atoms with van der Waals surface area (Å²) >= 11 is 0. The molecular weight excluding hydrogens is 323 g/mol. The lowest BCUT2D eigenvalue weighted by Gasteiger charge is -2.13. The van der Waals surface area contributed by atoms with Crippen LogP contribution in [0, 0.1) is 24.4 Å². The van der Waals surface area contributed by atoms with Crippen molar-refractivity contribution in [2.45, 2.75) is 6.92 Å². The summed E-state index contributed by atoms with van der Waals surface area (Å²) in [6, 6.07) is 6.19. The SMILES string of the molecule is Cc1ccc(NC(=O)c2ccc(F)c(F)c2F)c(NC(=O)CN)c1. The molecule has 0 spiro atoms. The van der Waals surface area contributed by atoms with Crippen LogP contribution in [0.15, 0.2) is 30.3 Å². The second-order valence-corrected chi connectivity index (χ2v) is 4.98. The van der Waals surface area contributed by atoms with Gasteiger partial charge in [0, 0.05) is 0 Å². The third-order valence-electron chi connectivity index (χ3n) is 3.16. The molecule has 0 aromatic heterocycles. The fourth-order valence-corrected chi connectivity index (χ4v) is 1.96. The Morgan fingerprint density at radius 1 is 1.00 bits per heavy atom. The van der Waals surface area contributed by atoms with Gasteiger partial charge in [-0.05, 0) is 36.8 Å². The fourth-order valence-electron chi connectivity index (χ4n) is 1.96. The van der Waals surface area contributed by atoms with Gasteiger partial charge in [0.2, 0.25) is 5.91 Å². The Labute approximate surface area is 135 Å². The summed E-state index contributed by atoms with van der Waals surface area (Å²) < 4.78 is 39.9. The van der Waals surface area contributed by atoms with Gasteiger partial charge in [0.1, 0.15) is 0 Å². The third kappa shape index (κ3) is 3.72. The van der Waals surface area contributed by atoms with Gasteiger partial charge in [-0.15, -0.1) is 0 Å². The molecule has 8 heteroatoms. The number of benzene rings is 2. The first kappa shape index (κ1) is 17.5. The van der Waals surface area contributed by atoms with E-state index in [9.17, 15) is 22.8 Å². The predicted molar refractivity (Wildman–Crippen MR) is 83.1 cm³/mol. The average molecular weight is 337 g/mol. The van der Waals surface area contributed by atoms with Crippen LogP contribution in [0.25, 0.3) is 0 Å². The molecule has 2 amide bonds. The van der Waals surface area contributed by atoms with E-state index in [1.165, 1.54) is 6.07 Å². The van der Waals surface area contributed by atoms with E-state index in [-0.39, 0.29) is 17.9 Å². The van der Waals surface area contributed by atoms with Crippen molar-refractivity contribution in [1.82, 2.24) is 0 Å². The smallest absolute Gasteiger partial charge is 0.258 e. The normalized spacial score (nSPS) is 10.4. The summed E-state index contributed by atoms with van der Waals surface area (Å²) in [7, 11) is 0. The topological polar surface area (TPSA) is 84.2 Å². The first-order valence-electron chi connectivity index (χ1n) is 6.89. The van der Waals surface area contributed by atoms with Crippen molar-refractivity contribution in [3.63, 3.8) is 0 Å². The van der Waals surface area contributed by atoms with Gasteiger partial charge in [-0.1, -0.05) is 6.07 Å². The number of carbonyl (C=O) groups excluding carboxylic acids is 2. The Kier molecular flexibility index (Phi) is 5.20. The highest BCUT2D eigenvalue weighted by Gasteiger charge is 2.19. The minimum atomic E-state index is -1.73. The van der Waals surface area contributed by atoms with E-state index in [1.54, 1.807) is 19.1 Å². The third-order valence-corrected chi connectivity index (χ3v) is 3.16. The highest BCUT2D eigenvalue weighted by Crippen LogP contribution is 2.24. The molecule has 0 unspecified atom stereocenters. The van der Waals surface area contributed by atoms with Gasteiger partial charge >= 0.3 is 0 Å². The first-order chi connectivity index (χ1) is 11.3. The van der Waals surface area contributed by atoms with Crippen LogP contribution in [-0.4, -0.2) is 18.4 Å². The minimum absolute atomic E-state index is 0.163. The molecule has 24 heavy (non-hydrogen) atoms. The molecular formula is C16H14F3N3O2. The molecule has 0 aliphatic rings. The lowest BCUT2D eigenvalue weighted by atomic mass is 10.1. The molecule has 0 bridgehead atoms. The van der Waals surface area contributed by atoms with Gasteiger partial charge in [0.05, 0.1) is 23.5 Å². The maximum Gasteiger partial charge on any atom is 0.258 e. The summed E-state index contributed by atoms with van der Waals surface area (Å²) in [5, 5.41) is 4.83. The maximum atomic E-state index is 13.7. The van der Waals surface area contributed by atoms with Crippen LogP contribution in [0.1, 0.15) is 15.9 Å². The van der Waals surface area contributed by atoms with Crippen LogP contribution >= 0.6 is 0 Å². The van der Waals surface area contributed by atoms with Crippen molar-refractivity contribution >= 4 is 23.2 Å². The maximum absolute atomic E-state index is 13.7. The molecule has 0 aliphatic carbocycles. The molecule has 0 aliphatic heterocycles. The Bertz CT molecular complexity index is 809. The molecule has 5 nitrogen and oxygen atoms in total. The summed E-state index contributed by atoms with van der Waals surface area (Å²) in [4.78, 5) is 23.5. The number of rotatable bonds is 4. The Morgan fingerprint density at radius 2 is 1.71 bits per heavy atom. The van der Waals surface area contributed by atoms with Gasteiger partial charge in [-0.2, -0.15) is 0 Å². The van der Waals surface area contributed by atoms with Crippen molar-refractivity contribution in [3.05, 3.63) is 58.9 Å². The highest BCUT2D eigenvalue weighted by atomic mass is 19.2. The molecule has 0 fully saturated rings. The lowest BCUT2D eigenvalue weighted by Crippen LogP contribution is -2.23. The molecule has 2 rings (SSSR count). The van der Waals surface area contributed by atoms with E-state index in [2.05, 4.69) is 10.6 Å². The fraction of sp³-hybridized carbons (Fsp3) is 0.125. The van der Waals surface area contributed by atoms with Gasteiger partial charge < -0.3 is 16.4 Å². The van der Waals surface area contributed by atoms with Crippen molar-refractivity contribution < 1.29 is 22.8 Å². The lowest BCUT2D eigenvalue weighted by molar-refractivity contribution is -0.114. The zero-order valence-electron chi connectivity index (χ0n) is 12.6. The number of halogens is 3. The van der Waals surface area contributed by atoms with Crippen LogP contribution in [0.5, 0.6) is 0 Å². The summed E-state index contributed by atoms with van der Waals surface area (Å²) in [5.74, 6) is -6.20. The van der Waals surface area contributed by atoms with Crippen LogP contribution < -0.4 is 16.4 Å². The van der Waals surface area contributed by atoms with Crippen LogP contribution in [0.2, 0.25) is 0 Å². The second-order valence-electron chi connectivity index (χ2n) is 4.98. The molecule has 2 aromatic rings. The highest BCUT2D eigenvalue weighted by molar-refractivity contribution is 6.07. The molecule has 0 saturated heterocycles. The molecule has 0 heterocycles. The van der Waals surface area contributed by atoms with E-state index >= 15 is 0 Å². The molecule has 4 N–H and O–H groups in total. The average Bonchev–Trinajstić information content (AvgIpc) is 2.55. The largest absolute Gasteiger partial charge is 0.323 e. The molecule has 0 atom stereocenters. The predicted octanol–water partition coefficient (Wildman–Crippen LogP) is 2.56. The number of hydrogen-bond donors (Lipinski definition) is 3. The molecule has 126 valence electrons. The molecule has 2 aromatic carbocycles. The summed E-state index contributed by atoms with van der Waals surface area (Å²) in [5.41, 5.74) is 5.77. The molecule has 0 radical (unpaired) electrons. The molecule has 0 saturated carbocycles. The number of amides is 2. The monoisotopic (exact) mass is 337 g/mol. The Balaban J connectivity index is 2.32. The Morgan fingerprint density at radius 3 is 2.38 bits per heavy atom. The van der Waals surface area contributed by atoms with Gasteiger partial charge in [-0.3, -0.25) is 9.59 Å². The number of nitrogens with two attached hydrogens (primary N) is 1. The Hall–Kier alpha value is -2.87. The van der Waals surface area contributed by atoms with Crippen molar-refractivity contribution in [2.75, 3.05) is 17.2 Å². The van der Waals surface area contributed by atoms with Crippen molar-refractivity contribution in [3.8, 4) is 0 Å². The van der Waals surface area contributed by atoms with Crippen LogP contribution in [0.3, 0.4) is 0 Å². The van der Waals surface area contributed by atoms with E-state index in [0.717, 1.165) is 11.6 Å². The van der Waals surface area contributed by atoms with E-state index in [0.29, 0.717) is 6.07 Å². The summed E-state index contributed by atoms with van der Waals surface area (Å²) in [6.45, 7) is 1.50. The number of anilines is 2. The van der Waals surface area contributed by atoms with Crippen molar-refractivity contribution in [1.29, 1.82) is 0 Å². The number of aryl methyl sites for hydroxylation is 1. The summed E-state index contributed by atoms with van der Waals surface area (Å²) in [6.07, 6.45) is 0. The van der Waals surface area contributed by atoms with E-state index < -0.39 is 34.8 Å². The van der Waals surface area contributed by atoms with Crippen LogP contribution in [0.4, 0.5) is 24.5 Å². The number of hydrogen-bond acceptors (Lipinski definition) is 3. The zero-order chi connectivity index (χ0) is 17.9. The first-order valence-corrected chi connectivity index (χ1v) is 6.89. The van der Waals surface area contributed by atoms with Gasteiger partial charge in [-0.25, -0.2) is 13.2 Å². The van der Waals surface area contributed by atoms with Crippen LogP contribution in [-0.2, 0) is 4.79 Å². The standard InChI is InChI=1S/C16H14F3N3O2/c1-8-2-5-11(12(6-8)21-13(23)7-20)22-16(24)9-3-4-10(17)15(19)14(9)18/h2-6H,7,20H2,1H3,(H,21,23)(H,22,24).